The van der Waals surface area contributed by atoms with Crippen molar-refractivity contribution in [2.45, 2.75) is 13.8 Å². The van der Waals surface area contributed by atoms with Crippen LogP contribution >= 0.6 is 15.9 Å². The normalized spacial score (nSPS) is 10.1. The number of halogens is 1. The van der Waals surface area contributed by atoms with E-state index in [1.54, 1.807) is 12.4 Å². The van der Waals surface area contributed by atoms with Crippen LogP contribution in [0.3, 0.4) is 0 Å². The number of aryl methyl sites for hydroxylation is 1. The molecule has 2 heterocycles. The summed E-state index contributed by atoms with van der Waals surface area (Å²) in [7, 11) is 0. The zero-order chi connectivity index (χ0) is 11.7. The van der Waals surface area contributed by atoms with Crippen molar-refractivity contribution in [1.82, 2.24) is 20.0 Å². The molecule has 0 N–H and O–H groups in total. The second-order valence-electron chi connectivity index (χ2n) is 3.32. The molecule has 0 fully saturated rings. The summed E-state index contributed by atoms with van der Waals surface area (Å²) in [6.07, 6.45) is 3.37. The summed E-state index contributed by atoms with van der Waals surface area (Å²) in [5, 5.41) is 21.2. The molecule has 16 heavy (non-hydrogen) atoms. The van der Waals surface area contributed by atoms with E-state index in [0.717, 1.165) is 15.7 Å². The first kappa shape index (κ1) is 10.8. The lowest BCUT2D eigenvalue weighted by Gasteiger charge is -2.06. The van der Waals surface area contributed by atoms with Crippen LogP contribution in [0.2, 0.25) is 0 Å². The van der Waals surface area contributed by atoms with Gasteiger partial charge in [-0.25, -0.2) is 4.68 Å². The van der Waals surface area contributed by atoms with Crippen molar-refractivity contribution >= 4 is 15.9 Å². The van der Waals surface area contributed by atoms with Gasteiger partial charge in [0.05, 0.1) is 16.4 Å². The number of aromatic nitrogens is 4. The average molecular weight is 278 g/mol. The van der Waals surface area contributed by atoms with E-state index in [1.165, 1.54) is 4.68 Å². The molecule has 2 rings (SSSR count). The van der Waals surface area contributed by atoms with Gasteiger partial charge in [0.15, 0.2) is 5.82 Å². The minimum absolute atomic E-state index is 0.455. The number of nitriles is 1. The summed E-state index contributed by atoms with van der Waals surface area (Å²) in [4.78, 5) is 0. The van der Waals surface area contributed by atoms with E-state index in [-0.39, 0.29) is 0 Å². The van der Waals surface area contributed by atoms with E-state index in [4.69, 9.17) is 5.26 Å². The molecular weight excluding hydrogens is 270 g/mol. The Morgan fingerprint density at radius 3 is 2.69 bits per heavy atom. The van der Waals surface area contributed by atoms with E-state index >= 15 is 0 Å². The van der Waals surface area contributed by atoms with E-state index in [0.29, 0.717) is 11.4 Å². The molecule has 0 saturated carbocycles. The Labute approximate surface area is 101 Å². The fourth-order valence-electron chi connectivity index (χ4n) is 1.31. The zero-order valence-corrected chi connectivity index (χ0v) is 10.4. The predicted molar refractivity (Wildman–Crippen MR) is 61.0 cm³/mol. The van der Waals surface area contributed by atoms with Crippen LogP contribution in [0.15, 0.2) is 16.9 Å². The Balaban J connectivity index is 2.67. The molecule has 0 bridgehead atoms. The molecule has 5 nitrogen and oxygen atoms in total. The third-order valence-corrected chi connectivity index (χ3v) is 2.73. The SMILES string of the molecule is Cc1nnc(-n2cc(Br)cn2)c(C#N)c1C. The molecule has 0 aliphatic rings. The van der Waals surface area contributed by atoms with E-state index < -0.39 is 0 Å². The van der Waals surface area contributed by atoms with Gasteiger partial charge in [-0.1, -0.05) is 0 Å². The van der Waals surface area contributed by atoms with Gasteiger partial charge in [0.2, 0.25) is 0 Å². The first-order chi connectivity index (χ1) is 7.63. The smallest absolute Gasteiger partial charge is 0.193 e. The highest BCUT2D eigenvalue weighted by Gasteiger charge is 2.12. The van der Waals surface area contributed by atoms with Crippen molar-refractivity contribution in [1.29, 1.82) is 5.26 Å². The average Bonchev–Trinajstić information content (AvgIpc) is 2.68. The summed E-state index contributed by atoms with van der Waals surface area (Å²) < 4.78 is 2.36. The minimum atomic E-state index is 0.455. The van der Waals surface area contributed by atoms with Gasteiger partial charge in [-0.15, -0.1) is 5.10 Å². The summed E-state index contributed by atoms with van der Waals surface area (Å²) >= 11 is 3.29. The number of hydrogen-bond acceptors (Lipinski definition) is 4. The summed E-state index contributed by atoms with van der Waals surface area (Å²) in [6, 6.07) is 2.13. The van der Waals surface area contributed by atoms with Gasteiger partial charge in [0.1, 0.15) is 11.6 Å². The summed E-state index contributed by atoms with van der Waals surface area (Å²) in [6.45, 7) is 3.68. The van der Waals surface area contributed by atoms with Crippen molar-refractivity contribution in [3.63, 3.8) is 0 Å². The van der Waals surface area contributed by atoms with Gasteiger partial charge >= 0.3 is 0 Å². The molecule has 0 unspecified atom stereocenters. The van der Waals surface area contributed by atoms with Crippen LogP contribution in [0.1, 0.15) is 16.8 Å². The fourth-order valence-corrected chi connectivity index (χ4v) is 1.59. The van der Waals surface area contributed by atoms with Crippen molar-refractivity contribution in [3.05, 3.63) is 33.7 Å². The number of nitrogens with zero attached hydrogens (tertiary/aromatic N) is 5. The second-order valence-corrected chi connectivity index (χ2v) is 4.24. The molecule has 2 aromatic heterocycles. The van der Waals surface area contributed by atoms with Gasteiger partial charge < -0.3 is 0 Å². The molecular formula is C10H8BrN5. The van der Waals surface area contributed by atoms with Crippen LogP contribution in [-0.4, -0.2) is 20.0 Å². The zero-order valence-electron chi connectivity index (χ0n) is 8.77. The highest BCUT2D eigenvalue weighted by Crippen LogP contribution is 2.17. The Morgan fingerprint density at radius 2 is 2.12 bits per heavy atom. The monoisotopic (exact) mass is 277 g/mol. The van der Waals surface area contributed by atoms with Crippen LogP contribution in [0.5, 0.6) is 0 Å². The molecule has 0 atom stereocenters. The topological polar surface area (TPSA) is 67.4 Å². The van der Waals surface area contributed by atoms with Crippen molar-refractivity contribution in [3.8, 4) is 11.9 Å². The van der Waals surface area contributed by atoms with E-state index in [2.05, 4.69) is 37.3 Å². The Hall–Kier alpha value is -1.74. The van der Waals surface area contributed by atoms with E-state index in [9.17, 15) is 0 Å². The fraction of sp³-hybridized carbons (Fsp3) is 0.200. The maximum absolute atomic E-state index is 9.12. The first-order valence-electron chi connectivity index (χ1n) is 4.58. The first-order valence-corrected chi connectivity index (χ1v) is 5.37. The lowest BCUT2D eigenvalue weighted by atomic mass is 10.1. The highest BCUT2D eigenvalue weighted by atomic mass is 79.9. The summed E-state index contributed by atoms with van der Waals surface area (Å²) in [5.74, 6) is 0.455. The Morgan fingerprint density at radius 1 is 1.38 bits per heavy atom. The molecule has 0 spiro atoms. The van der Waals surface area contributed by atoms with Crippen LogP contribution < -0.4 is 0 Å². The van der Waals surface area contributed by atoms with Gasteiger partial charge in [-0.3, -0.25) is 0 Å². The maximum atomic E-state index is 9.12. The molecule has 80 valence electrons. The van der Waals surface area contributed by atoms with E-state index in [1.807, 2.05) is 13.8 Å². The molecule has 0 amide bonds. The van der Waals surface area contributed by atoms with Crippen LogP contribution in [0, 0.1) is 25.2 Å². The standard InChI is InChI=1S/C10H8BrN5/c1-6-7(2)14-15-10(9(6)3-12)16-5-8(11)4-13-16/h4-5H,1-2H3. The minimum Gasteiger partial charge on any atom is -0.219 e. The van der Waals surface area contributed by atoms with Crippen LogP contribution in [0.25, 0.3) is 5.82 Å². The molecule has 2 aromatic rings. The summed E-state index contributed by atoms with van der Waals surface area (Å²) in [5.41, 5.74) is 2.09. The van der Waals surface area contributed by atoms with Crippen LogP contribution in [0.4, 0.5) is 0 Å². The Bertz CT molecular complexity index is 581. The molecule has 6 heteroatoms. The molecule has 0 radical (unpaired) electrons. The van der Waals surface area contributed by atoms with Crippen LogP contribution in [-0.2, 0) is 0 Å². The lowest BCUT2D eigenvalue weighted by Crippen LogP contribution is -2.06. The molecule has 0 aromatic carbocycles. The largest absolute Gasteiger partial charge is 0.219 e. The maximum Gasteiger partial charge on any atom is 0.193 e. The third-order valence-electron chi connectivity index (χ3n) is 2.32. The highest BCUT2D eigenvalue weighted by molar-refractivity contribution is 9.10. The predicted octanol–water partition coefficient (Wildman–Crippen LogP) is 1.91. The Kier molecular flexibility index (Phi) is 2.71. The lowest BCUT2D eigenvalue weighted by molar-refractivity contribution is 0.796. The number of hydrogen-bond donors (Lipinski definition) is 0. The van der Waals surface area contributed by atoms with Gasteiger partial charge in [-0.2, -0.15) is 15.5 Å². The quantitative estimate of drug-likeness (QED) is 0.799. The van der Waals surface area contributed by atoms with Gasteiger partial charge in [0, 0.05) is 6.20 Å². The second kappa shape index (κ2) is 4.02. The van der Waals surface area contributed by atoms with Gasteiger partial charge in [-0.05, 0) is 35.3 Å². The number of rotatable bonds is 1. The molecule has 0 aliphatic carbocycles. The van der Waals surface area contributed by atoms with Gasteiger partial charge in [0.25, 0.3) is 0 Å². The molecule has 0 saturated heterocycles. The van der Waals surface area contributed by atoms with Crippen molar-refractivity contribution < 1.29 is 0 Å². The van der Waals surface area contributed by atoms with Crippen molar-refractivity contribution in [2.75, 3.05) is 0 Å². The molecule has 0 aliphatic heterocycles. The van der Waals surface area contributed by atoms with Crippen molar-refractivity contribution in [2.24, 2.45) is 0 Å². The third kappa shape index (κ3) is 1.70.